The molecule has 0 aromatic heterocycles. The molecule has 1 rings (SSSR count). The van der Waals surface area contributed by atoms with Gasteiger partial charge in [-0.05, 0) is 17.7 Å². The maximum Gasteiger partial charge on any atom is 0.404 e. The molecule has 1 aromatic carbocycles. The minimum absolute atomic E-state index is 0.0443. The van der Waals surface area contributed by atoms with Crippen molar-refractivity contribution >= 4 is 17.7 Å². The van der Waals surface area contributed by atoms with E-state index < -0.39 is 18.0 Å². The molecule has 0 heterocycles. The van der Waals surface area contributed by atoms with E-state index in [-0.39, 0.29) is 17.1 Å². The molecule has 0 unspecified atom stereocenters. The number of hydrogen-bond acceptors (Lipinski definition) is 2. The molecule has 0 radical (unpaired) electrons. The number of hydrogen-bond donors (Lipinski definition) is 3. The summed E-state index contributed by atoms with van der Waals surface area (Å²) in [7, 11) is 0. The van der Waals surface area contributed by atoms with Crippen molar-refractivity contribution in [3.8, 4) is 0 Å². The van der Waals surface area contributed by atoms with Crippen LogP contribution in [0.25, 0.3) is 0 Å². The van der Waals surface area contributed by atoms with Crippen LogP contribution in [0.3, 0.4) is 0 Å². The Morgan fingerprint density at radius 2 is 2.27 bits per heavy atom. The zero-order chi connectivity index (χ0) is 11.4. The van der Waals surface area contributed by atoms with Gasteiger partial charge in [0.25, 0.3) is 0 Å². The summed E-state index contributed by atoms with van der Waals surface area (Å²) < 4.78 is 13.0. The van der Waals surface area contributed by atoms with Gasteiger partial charge in [-0.1, -0.05) is 17.7 Å². The average Bonchev–Trinajstić information content (AvgIpc) is 2.18. The van der Waals surface area contributed by atoms with Crippen molar-refractivity contribution in [1.82, 2.24) is 5.32 Å². The number of halogens is 2. The van der Waals surface area contributed by atoms with Crippen LogP contribution in [0, 0.1) is 5.82 Å². The highest BCUT2D eigenvalue weighted by Crippen LogP contribution is 2.19. The molecule has 0 fully saturated rings. The van der Waals surface area contributed by atoms with Gasteiger partial charge in [-0.15, -0.1) is 0 Å². The number of benzene rings is 1. The SMILES string of the molecule is O=C(O)NC[C@H](O)c1ccc(Cl)c(F)c1. The summed E-state index contributed by atoms with van der Waals surface area (Å²) in [6.45, 7) is -0.198. The number of amides is 1. The molecule has 0 saturated heterocycles. The first-order valence-electron chi connectivity index (χ1n) is 4.10. The lowest BCUT2D eigenvalue weighted by Gasteiger charge is -2.10. The lowest BCUT2D eigenvalue weighted by molar-refractivity contribution is 0.158. The van der Waals surface area contributed by atoms with E-state index in [4.69, 9.17) is 16.7 Å². The maximum absolute atomic E-state index is 13.0. The van der Waals surface area contributed by atoms with Gasteiger partial charge in [0, 0.05) is 0 Å². The topological polar surface area (TPSA) is 69.6 Å². The Bertz CT molecular complexity index is 372. The average molecular weight is 234 g/mol. The molecule has 3 N–H and O–H groups in total. The predicted molar refractivity (Wildman–Crippen MR) is 52.4 cm³/mol. The fourth-order valence-electron chi connectivity index (χ4n) is 1.02. The summed E-state index contributed by atoms with van der Waals surface area (Å²) in [6, 6.07) is 3.80. The molecule has 0 aliphatic carbocycles. The quantitative estimate of drug-likeness (QED) is 0.745. The van der Waals surface area contributed by atoms with E-state index in [1.54, 1.807) is 0 Å². The second-order valence-electron chi connectivity index (χ2n) is 2.88. The van der Waals surface area contributed by atoms with Gasteiger partial charge in [-0.2, -0.15) is 0 Å². The lowest BCUT2D eigenvalue weighted by Crippen LogP contribution is -2.26. The van der Waals surface area contributed by atoms with E-state index in [0.29, 0.717) is 0 Å². The molecule has 1 amide bonds. The van der Waals surface area contributed by atoms with Crippen LogP contribution in [0.1, 0.15) is 11.7 Å². The van der Waals surface area contributed by atoms with Gasteiger partial charge in [-0.3, -0.25) is 0 Å². The summed E-state index contributed by atoms with van der Waals surface area (Å²) in [5, 5.41) is 19.7. The zero-order valence-corrected chi connectivity index (χ0v) is 8.33. The number of aliphatic hydroxyl groups excluding tert-OH is 1. The minimum atomic E-state index is -1.25. The van der Waals surface area contributed by atoms with Crippen LogP contribution < -0.4 is 5.32 Å². The molecule has 82 valence electrons. The van der Waals surface area contributed by atoms with Gasteiger partial charge in [0.15, 0.2) is 0 Å². The highest BCUT2D eigenvalue weighted by molar-refractivity contribution is 6.30. The molecule has 0 aliphatic rings. The van der Waals surface area contributed by atoms with E-state index in [0.717, 1.165) is 6.07 Å². The molecule has 15 heavy (non-hydrogen) atoms. The molecule has 0 bridgehead atoms. The normalized spacial score (nSPS) is 12.2. The number of rotatable bonds is 3. The van der Waals surface area contributed by atoms with E-state index in [1.807, 2.05) is 5.32 Å². The number of carbonyl (C=O) groups is 1. The van der Waals surface area contributed by atoms with Crippen LogP contribution in [-0.4, -0.2) is 22.9 Å². The molecular weight excluding hydrogens is 225 g/mol. The predicted octanol–water partition coefficient (Wildman–Crippen LogP) is 1.78. The lowest BCUT2D eigenvalue weighted by atomic mass is 10.1. The van der Waals surface area contributed by atoms with Gasteiger partial charge < -0.3 is 15.5 Å². The minimum Gasteiger partial charge on any atom is -0.465 e. The van der Waals surface area contributed by atoms with Crippen molar-refractivity contribution in [2.45, 2.75) is 6.10 Å². The second-order valence-corrected chi connectivity index (χ2v) is 3.28. The third-order valence-electron chi connectivity index (χ3n) is 1.78. The molecule has 1 aromatic rings. The molecular formula is C9H9ClFNO3. The third kappa shape index (κ3) is 3.38. The summed E-state index contributed by atoms with van der Waals surface area (Å²) in [5.41, 5.74) is 0.269. The maximum atomic E-state index is 13.0. The Morgan fingerprint density at radius 3 is 2.80 bits per heavy atom. The second kappa shape index (κ2) is 4.95. The Balaban J connectivity index is 2.69. The fraction of sp³-hybridized carbons (Fsp3) is 0.222. The summed E-state index contributed by atoms with van der Waals surface area (Å²) in [4.78, 5) is 10.1. The van der Waals surface area contributed by atoms with Gasteiger partial charge in [0.05, 0.1) is 17.7 Å². The zero-order valence-electron chi connectivity index (χ0n) is 7.58. The van der Waals surface area contributed by atoms with E-state index in [1.165, 1.54) is 12.1 Å². The standard InChI is InChI=1S/C9H9ClFNO3/c10-6-2-1-5(3-7(6)11)8(13)4-12-9(14)15/h1-3,8,12-13H,4H2,(H,14,15)/t8-/m0/s1. The number of nitrogens with one attached hydrogen (secondary N) is 1. The molecule has 0 saturated carbocycles. The Hall–Kier alpha value is -1.33. The van der Waals surface area contributed by atoms with Crippen LogP contribution in [0.2, 0.25) is 5.02 Å². The smallest absolute Gasteiger partial charge is 0.404 e. The Labute approximate surface area is 90.3 Å². The summed E-state index contributed by atoms with van der Waals surface area (Å²) in [6.07, 6.45) is -2.34. The monoisotopic (exact) mass is 233 g/mol. The van der Waals surface area contributed by atoms with Gasteiger partial charge >= 0.3 is 6.09 Å². The first-order valence-corrected chi connectivity index (χ1v) is 4.48. The highest BCUT2D eigenvalue weighted by atomic mass is 35.5. The fourth-order valence-corrected chi connectivity index (χ4v) is 1.14. The van der Waals surface area contributed by atoms with Crippen molar-refractivity contribution in [2.75, 3.05) is 6.54 Å². The van der Waals surface area contributed by atoms with Crippen LogP contribution in [-0.2, 0) is 0 Å². The summed E-state index contributed by atoms with van der Waals surface area (Å²) >= 11 is 5.45. The van der Waals surface area contributed by atoms with Crippen LogP contribution in [0.4, 0.5) is 9.18 Å². The summed E-state index contributed by atoms with van der Waals surface area (Å²) in [5.74, 6) is -0.649. The van der Waals surface area contributed by atoms with Crippen LogP contribution in [0.5, 0.6) is 0 Å². The molecule has 0 aliphatic heterocycles. The largest absolute Gasteiger partial charge is 0.465 e. The third-order valence-corrected chi connectivity index (χ3v) is 2.08. The molecule has 0 spiro atoms. The van der Waals surface area contributed by atoms with Crippen molar-refractivity contribution < 1.29 is 19.4 Å². The van der Waals surface area contributed by atoms with E-state index in [9.17, 15) is 14.3 Å². The highest BCUT2D eigenvalue weighted by Gasteiger charge is 2.10. The van der Waals surface area contributed by atoms with Gasteiger partial charge in [0.2, 0.25) is 0 Å². The van der Waals surface area contributed by atoms with Crippen molar-refractivity contribution in [3.63, 3.8) is 0 Å². The molecule has 1 atom stereocenters. The van der Waals surface area contributed by atoms with Crippen LogP contribution in [0.15, 0.2) is 18.2 Å². The molecule has 6 heteroatoms. The van der Waals surface area contributed by atoms with E-state index in [2.05, 4.69) is 0 Å². The Kier molecular flexibility index (Phi) is 3.88. The number of carboxylic acid groups (broad SMARTS) is 1. The van der Waals surface area contributed by atoms with Crippen molar-refractivity contribution in [1.29, 1.82) is 0 Å². The first kappa shape index (κ1) is 11.7. The van der Waals surface area contributed by atoms with E-state index >= 15 is 0 Å². The van der Waals surface area contributed by atoms with Gasteiger partial charge in [-0.25, -0.2) is 9.18 Å². The Morgan fingerprint density at radius 1 is 1.60 bits per heavy atom. The number of aliphatic hydroxyl groups is 1. The van der Waals surface area contributed by atoms with Crippen molar-refractivity contribution in [2.24, 2.45) is 0 Å². The van der Waals surface area contributed by atoms with Crippen LogP contribution >= 0.6 is 11.6 Å². The molecule has 4 nitrogen and oxygen atoms in total. The van der Waals surface area contributed by atoms with Gasteiger partial charge in [0.1, 0.15) is 5.82 Å². The van der Waals surface area contributed by atoms with Crippen molar-refractivity contribution in [3.05, 3.63) is 34.6 Å². The first-order chi connectivity index (χ1) is 7.00.